The molecule has 0 aromatic carbocycles. The minimum atomic E-state index is -2.10. The Kier molecular flexibility index (Phi) is 6.62. The van der Waals surface area contributed by atoms with Crippen LogP contribution >= 0.6 is 0 Å². The molecule has 0 amide bonds. The second-order valence-corrected chi connectivity index (χ2v) is 8.06. The predicted octanol–water partition coefficient (Wildman–Crippen LogP) is 1.04. The Labute approximate surface area is 190 Å². The van der Waals surface area contributed by atoms with Crippen molar-refractivity contribution in [3.05, 3.63) is 47.1 Å². The molecule has 0 aliphatic carbocycles. The quantitative estimate of drug-likeness (QED) is 0.279. The summed E-state index contributed by atoms with van der Waals surface area (Å²) in [6.45, 7) is 9.67. The van der Waals surface area contributed by atoms with Gasteiger partial charge < -0.3 is 28.8 Å². The van der Waals surface area contributed by atoms with E-state index >= 15 is 0 Å². The smallest absolute Gasteiger partial charge is 0.337 e. The largest absolute Gasteiger partial charge is 0.466 e. The number of fused-ring (bicyclic) bond motifs is 4. The Balaban J connectivity index is 2.28. The summed E-state index contributed by atoms with van der Waals surface area (Å²) in [6.07, 6.45) is -1.13. The van der Waals surface area contributed by atoms with Crippen LogP contribution in [-0.2, 0) is 42.9 Å². The molecule has 0 aromatic rings. The van der Waals surface area contributed by atoms with Crippen LogP contribution in [-0.4, -0.2) is 66.3 Å². The van der Waals surface area contributed by atoms with Crippen LogP contribution in [0.1, 0.15) is 27.7 Å². The van der Waals surface area contributed by atoms with Crippen LogP contribution in [0.15, 0.2) is 47.1 Å². The maximum atomic E-state index is 12.8. The molecule has 6 atom stereocenters. The molecule has 1 fully saturated rings. The van der Waals surface area contributed by atoms with Gasteiger partial charge in [-0.1, -0.05) is 12.7 Å². The highest BCUT2D eigenvalue weighted by Crippen LogP contribution is 2.44. The molecule has 3 heterocycles. The fourth-order valence-electron chi connectivity index (χ4n) is 4.12. The molecule has 178 valence electrons. The van der Waals surface area contributed by atoms with Gasteiger partial charge in [-0.05, 0) is 38.5 Å². The van der Waals surface area contributed by atoms with Crippen LogP contribution in [0.25, 0.3) is 0 Å². The summed E-state index contributed by atoms with van der Waals surface area (Å²) < 4.78 is 27.2. The summed E-state index contributed by atoms with van der Waals surface area (Å²) in [6, 6.07) is 0. The van der Waals surface area contributed by atoms with Crippen molar-refractivity contribution in [2.45, 2.75) is 57.9 Å². The third-order valence-corrected chi connectivity index (χ3v) is 5.79. The molecule has 0 spiro atoms. The van der Waals surface area contributed by atoms with Gasteiger partial charge in [-0.2, -0.15) is 0 Å². The van der Waals surface area contributed by atoms with Crippen molar-refractivity contribution in [1.82, 2.24) is 0 Å². The van der Waals surface area contributed by atoms with E-state index in [1.54, 1.807) is 13.8 Å². The third kappa shape index (κ3) is 4.49. The number of hydrogen-bond donors (Lipinski definition) is 1. The van der Waals surface area contributed by atoms with Crippen molar-refractivity contribution < 1.29 is 48.0 Å². The Morgan fingerprint density at radius 3 is 2.45 bits per heavy atom. The summed E-state index contributed by atoms with van der Waals surface area (Å²) >= 11 is 0. The van der Waals surface area contributed by atoms with Crippen LogP contribution in [0.5, 0.6) is 0 Å². The molecule has 10 nitrogen and oxygen atoms in total. The standard InChI is InChI=1S/C23H26O10/c1-7-10(2)20(25)31-19-15-12(4)21(26)32-18(15)16-11(3)8-23(28,33-16)9-14(22(27)29-6)17(19)30-13(5)24/h7-9,15-19,28H,4H2,1-3,5-6H3. The second kappa shape index (κ2) is 8.95. The zero-order chi connectivity index (χ0) is 24.7. The Morgan fingerprint density at radius 2 is 1.88 bits per heavy atom. The van der Waals surface area contributed by atoms with E-state index in [2.05, 4.69) is 6.58 Å². The molecular formula is C23H26O10. The minimum absolute atomic E-state index is 0.0639. The van der Waals surface area contributed by atoms with Gasteiger partial charge in [0.1, 0.15) is 12.2 Å². The molecule has 0 aromatic heterocycles. The third-order valence-electron chi connectivity index (χ3n) is 5.79. The van der Waals surface area contributed by atoms with Crippen LogP contribution in [0.3, 0.4) is 0 Å². The van der Waals surface area contributed by atoms with Gasteiger partial charge in [0.05, 0.1) is 18.6 Å². The number of carbonyl (C=O) groups excluding carboxylic acids is 4. The van der Waals surface area contributed by atoms with E-state index < -0.39 is 60.0 Å². The van der Waals surface area contributed by atoms with Crippen LogP contribution in [0.2, 0.25) is 0 Å². The monoisotopic (exact) mass is 462 g/mol. The molecule has 0 radical (unpaired) electrons. The first-order valence-electron chi connectivity index (χ1n) is 10.2. The molecule has 0 saturated carbocycles. The second-order valence-electron chi connectivity index (χ2n) is 8.06. The molecule has 10 heteroatoms. The van der Waals surface area contributed by atoms with Crippen molar-refractivity contribution in [2.75, 3.05) is 7.11 Å². The summed E-state index contributed by atoms with van der Waals surface area (Å²) in [5, 5.41) is 11.0. The van der Waals surface area contributed by atoms with Gasteiger partial charge in [0, 0.05) is 18.1 Å². The molecule has 3 aliphatic heterocycles. The number of carbonyl (C=O) groups is 4. The van der Waals surface area contributed by atoms with E-state index in [0.717, 1.165) is 20.1 Å². The van der Waals surface area contributed by atoms with Gasteiger partial charge in [0.2, 0.25) is 5.79 Å². The molecule has 3 rings (SSSR count). The van der Waals surface area contributed by atoms with Crippen LogP contribution in [0, 0.1) is 5.92 Å². The number of methoxy groups -OCH3 is 1. The lowest BCUT2D eigenvalue weighted by Gasteiger charge is -2.34. The van der Waals surface area contributed by atoms with E-state index in [-0.39, 0.29) is 16.7 Å². The Morgan fingerprint density at radius 1 is 1.21 bits per heavy atom. The maximum Gasteiger partial charge on any atom is 0.337 e. The fourth-order valence-corrected chi connectivity index (χ4v) is 4.12. The number of rotatable bonds is 4. The normalized spacial score (nSPS) is 33.5. The SMILES string of the molecule is C=C1C(=O)OC2C3OC(O)(C=C3C)C=C(C(=O)OC)C(OC(C)=O)C(OC(=O)C(C)=CC)C12. The molecule has 3 aliphatic rings. The van der Waals surface area contributed by atoms with E-state index in [1.807, 2.05) is 0 Å². The Hall–Kier alpha value is -3.24. The molecular weight excluding hydrogens is 436 g/mol. The van der Waals surface area contributed by atoms with Crippen LogP contribution in [0.4, 0.5) is 0 Å². The Bertz CT molecular complexity index is 1000. The first-order chi connectivity index (χ1) is 15.4. The van der Waals surface area contributed by atoms with Gasteiger partial charge in [-0.3, -0.25) is 4.79 Å². The zero-order valence-electron chi connectivity index (χ0n) is 18.9. The van der Waals surface area contributed by atoms with Gasteiger partial charge in [0.15, 0.2) is 12.2 Å². The summed E-state index contributed by atoms with van der Waals surface area (Å²) in [5.41, 5.74) is 0.339. The number of allylic oxidation sites excluding steroid dienone is 1. The number of ether oxygens (including phenoxy) is 5. The van der Waals surface area contributed by atoms with E-state index in [4.69, 9.17) is 23.7 Å². The average molecular weight is 462 g/mol. The number of aliphatic hydroxyl groups is 1. The summed E-state index contributed by atoms with van der Waals surface area (Å²) in [7, 11) is 1.10. The highest BCUT2D eigenvalue weighted by molar-refractivity contribution is 5.93. The van der Waals surface area contributed by atoms with E-state index in [1.165, 1.54) is 19.1 Å². The van der Waals surface area contributed by atoms with Crippen molar-refractivity contribution in [1.29, 1.82) is 0 Å². The number of esters is 4. The first-order valence-corrected chi connectivity index (χ1v) is 10.2. The lowest BCUT2D eigenvalue weighted by molar-refractivity contribution is -0.181. The topological polar surface area (TPSA) is 135 Å². The summed E-state index contributed by atoms with van der Waals surface area (Å²) in [5.74, 6) is -6.49. The highest BCUT2D eigenvalue weighted by Gasteiger charge is 2.57. The maximum absolute atomic E-state index is 12.8. The van der Waals surface area contributed by atoms with Gasteiger partial charge >= 0.3 is 23.9 Å². The average Bonchev–Trinajstić information content (AvgIpc) is 3.22. The van der Waals surface area contributed by atoms with Gasteiger partial charge in [-0.25, -0.2) is 14.4 Å². The van der Waals surface area contributed by atoms with E-state index in [9.17, 15) is 24.3 Å². The van der Waals surface area contributed by atoms with E-state index in [0.29, 0.717) is 5.57 Å². The minimum Gasteiger partial charge on any atom is -0.466 e. The highest BCUT2D eigenvalue weighted by atomic mass is 16.7. The lowest BCUT2D eigenvalue weighted by Crippen LogP contribution is -2.48. The molecule has 1 N–H and O–H groups in total. The van der Waals surface area contributed by atoms with Gasteiger partial charge in [-0.15, -0.1) is 0 Å². The molecule has 33 heavy (non-hydrogen) atoms. The van der Waals surface area contributed by atoms with Crippen molar-refractivity contribution in [3.63, 3.8) is 0 Å². The molecule has 2 bridgehead atoms. The first kappa shape index (κ1) is 24.4. The van der Waals surface area contributed by atoms with Crippen LogP contribution < -0.4 is 0 Å². The van der Waals surface area contributed by atoms with Crippen molar-refractivity contribution in [2.24, 2.45) is 5.92 Å². The molecule has 1 saturated heterocycles. The predicted molar refractivity (Wildman–Crippen MR) is 111 cm³/mol. The zero-order valence-corrected chi connectivity index (χ0v) is 18.9. The van der Waals surface area contributed by atoms with Crippen molar-refractivity contribution >= 4 is 23.9 Å². The van der Waals surface area contributed by atoms with Crippen molar-refractivity contribution in [3.8, 4) is 0 Å². The molecule has 6 unspecified atom stereocenters. The number of hydrogen-bond acceptors (Lipinski definition) is 10. The van der Waals surface area contributed by atoms with Gasteiger partial charge in [0.25, 0.3) is 0 Å². The summed E-state index contributed by atoms with van der Waals surface area (Å²) in [4.78, 5) is 50.0. The fraction of sp³-hybridized carbons (Fsp3) is 0.478. The lowest BCUT2D eigenvalue weighted by atomic mass is 9.81.